The standard InChI is InChI=1S/C37H52N2O8S/c1-23-15-14-18-27-21-29(40)35(48-5)32(34(27)43)39-31(41)22-28(46-4)19-12-7-6-8-13-20-30(24(2)33(23)42)47-37(45)25(3)38-36(44)26-16-10-9-11-17-26/h6-8,12-13,15,19,21,24-26,28,30,33,40,42-43H,9-11,14,16-18,20,22H2,1-5H3,(H,38,44)(H,39,41)/b7-6-,13-8-,19-12-,23-15-/t24-,25-,28-,30+,33+/m0/s1. The first-order valence-electron chi connectivity index (χ1n) is 16.8. The minimum absolute atomic E-state index is 0.0147. The molecule has 2 bridgehead atoms. The molecule has 1 aliphatic heterocycles. The Bertz CT molecular complexity index is 1380. The van der Waals surface area contributed by atoms with Gasteiger partial charge in [-0.2, -0.15) is 0 Å². The van der Waals surface area contributed by atoms with Gasteiger partial charge in [0.05, 0.1) is 23.5 Å². The summed E-state index contributed by atoms with van der Waals surface area (Å²) in [6, 6.07) is 0.651. The summed E-state index contributed by atoms with van der Waals surface area (Å²) in [5.74, 6) is -1.84. The van der Waals surface area contributed by atoms with Gasteiger partial charge in [-0.25, -0.2) is 4.79 Å². The van der Waals surface area contributed by atoms with Crippen molar-refractivity contribution >= 4 is 35.2 Å². The lowest BCUT2D eigenvalue weighted by Gasteiger charge is -2.29. The van der Waals surface area contributed by atoms with Crippen molar-refractivity contribution in [1.82, 2.24) is 5.32 Å². The molecule has 1 heterocycles. The second kappa shape index (κ2) is 19.5. The van der Waals surface area contributed by atoms with Gasteiger partial charge in [-0.15, -0.1) is 11.8 Å². The fraction of sp³-hybridized carbons (Fsp3) is 0.541. The van der Waals surface area contributed by atoms with E-state index in [-0.39, 0.29) is 41.3 Å². The molecular formula is C37H52N2O8S. The van der Waals surface area contributed by atoms with E-state index < -0.39 is 36.2 Å². The van der Waals surface area contributed by atoms with Crippen LogP contribution in [0.15, 0.2) is 59.1 Å². The van der Waals surface area contributed by atoms with Gasteiger partial charge in [-0.1, -0.05) is 68.7 Å². The van der Waals surface area contributed by atoms with Crippen molar-refractivity contribution in [3.05, 3.63) is 59.7 Å². The quantitative estimate of drug-likeness (QED) is 0.0785. The molecule has 0 saturated heterocycles. The number of phenols is 2. The molecule has 1 aromatic rings. The highest BCUT2D eigenvalue weighted by Crippen LogP contribution is 2.43. The molecule has 11 heteroatoms. The van der Waals surface area contributed by atoms with Gasteiger partial charge in [-0.3, -0.25) is 9.59 Å². The number of phenolic OH excluding ortho intramolecular Hbond substituents is 2. The lowest BCUT2D eigenvalue weighted by atomic mass is 9.88. The zero-order valence-electron chi connectivity index (χ0n) is 28.7. The van der Waals surface area contributed by atoms with Crippen LogP contribution in [-0.4, -0.2) is 70.8 Å². The van der Waals surface area contributed by atoms with Crippen molar-refractivity contribution in [3.8, 4) is 11.5 Å². The zero-order chi connectivity index (χ0) is 35.2. The predicted molar refractivity (Wildman–Crippen MR) is 189 cm³/mol. The normalized spacial score (nSPS) is 27.2. The molecule has 1 aromatic carbocycles. The van der Waals surface area contributed by atoms with E-state index in [1.165, 1.54) is 24.9 Å². The number of aliphatic hydroxyl groups excluding tert-OH is 1. The highest BCUT2D eigenvalue weighted by molar-refractivity contribution is 7.98. The Balaban J connectivity index is 1.86. The van der Waals surface area contributed by atoms with Gasteiger partial charge in [0, 0.05) is 30.9 Å². The molecule has 0 radical (unpaired) electrons. The predicted octanol–water partition coefficient (Wildman–Crippen LogP) is 6.11. The Morgan fingerprint density at radius 2 is 1.81 bits per heavy atom. The number of aryl methyl sites for hydroxylation is 1. The zero-order valence-corrected chi connectivity index (χ0v) is 29.6. The average molecular weight is 685 g/mol. The van der Waals surface area contributed by atoms with Crippen LogP contribution in [0.25, 0.3) is 0 Å². The van der Waals surface area contributed by atoms with E-state index >= 15 is 0 Å². The Morgan fingerprint density at radius 1 is 1.10 bits per heavy atom. The summed E-state index contributed by atoms with van der Waals surface area (Å²) >= 11 is 1.20. The van der Waals surface area contributed by atoms with Crippen LogP contribution in [0.1, 0.15) is 77.7 Å². The molecule has 1 aliphatic carbocycles. The fourth-order valence-corrected chi connectivity index (χ4v) is 6.61. The Kier molecular flexibility index (Phi) is 15.8. The topological polar surface area (TPSA) is 154 Å². The Morgan fingerprint density at radius 3 is 2.50 bits per heavy atom. The van der Waals surface area contributed by atoms with Gasteiger partial charge in [-0.05, 0) is 57.4 Å². The molecule has 264 valence electrons. The number of fused-ring (bicyclic) bond motifs is 2. The summed E-state index contributed by atoms with van der Waals surface area (Å²) in [6.45, 7) is 5.23. The highest BCUT2D eigenvalue weighted by Gasteiger charge is 2.31. The van der Waals surface area contributed by atoms with Gasteiger partial charge in [0.25, 0.3) is 0 Å². The number of aromatic hydroxyl groups is 2. The number of hydrogen-bond donors (Lipinski definition) is 5. The van der Waals surface area contributed by atoms with Crippen molar-refractivity contribution in [2.75, 3.05) is 18.7 Å². The largest absolute Gasteiger partial charge is 0.507 e. The Labute approximate surface area is 288 Å². The molecule has 1 saturated carbocycles. The summed E-state index contributed by atoms with van der Waals surface area (Å²) in [5.41, 5.74) is 1.23. The number of esters is 1. The summed E-state index contributed by atoms with van der Waals surface area (Å²) in [5, 5.41) is 38.7. The minimum Gasteiger partial charge on any atom is -0.507 e. The van der Waals surface area contributed by atoms with Crippen LogP contribution in [0.2, 0.25) is 0 Å². The molecule has 48 heavy (non-hydrogen) atoms. The monoisotopic (exact) mass is 684 g/mol. The number of allylic oxidation sites excluding steroid dienone is 5. The first-order valence-corrected chi connectivity index (χ1v) is 18.0. The lowest BCUT2D eigenvalue weighted by molar-refractivity contribution is -0.156. The van der Waals surface area contributed by atoms with Crippen molar-refractivity contribution in [1.29, 1.82) is 0 Å². The van der Waals surface area contributed by atoms with Crippen molar-refractivity contribution in [3.63, 3.8) is 0 Å². The maximum atomic E-state index is 13.2. The lowest BCUT2D eigenvalue weighted by Crippen LogP contribution is -2.45. The molecule has 1 fully saturated rings. The number of carbonyl (C=O) groups excluding carboxylic acids is 3. The number of amides is 2. The molecule has 2 aliphatic rings. The van der Waals surface area contributed by atoms with Crippen LogP contribution >= 0.6 is 11.8 Å². The van der Waals surface area contributed by atoms with Gasteiger partial charge in [0.1, 0.15) is 29.3 Å². The number of carbonyl (C=O) groups is 3. The molecule has 2 amide bonds. The molecule has 0 aromatic heterocycles. The van der Waals surface area contributed by atoms with Crippen molar-refractivity contribution in [2.45, 2.75) is 108 Å². The number of methoxy groups -OCH3 is 1. The summed E-state index contributed by atoms with van der Waals surface area (Å²) < 4.78 is 11.4. The molecular weight excluding hydrogens is 632 g/mol. The van der Waals surface area contributed by atoms with E-state index in [0.29, 0.717) is 35.3 Å². The first-order chi connectivity index (χ1) is 23.0. The number of aliphatic hydroxyl groups is 1. The minimum atomic E-state index is -0.947. The number of benzene rings is 1. The second-order valence-electron chi connectivity index (χ2n) is 12.6. The van der Waals surface area contributed by atoms with E-state index in [1.807, 2.05) is 25.2 Å². The van der Waals surface area contributed by atoms with Crippen LogP contribution in [0, 0.1) is 11.8 Å². The number of rotatable bonds is 6. The highest BCUT2D eigenvalue weighted by atomic mass is 32.2. The van der Waals surface area contributed by atoms with E-state index in [1.54, 1.807) is 44.4 Å². The Hall–Kier alpha value is -3.54. The van der Waals surface area contributed by atoms with Crippen LogP contribution in [0.4, 0.5) is 5.69 Å². The summed E-state index contributed by atoms with van der Waals surface area (Å²) in [7, 11) is 1.50. The molecule has 10 nitrogen and oxygen atoms in total. The third kappa shape index (κ3) is 11.3. The van der Waals surface area contributed by atoms with Crippen LogP contribution in [0.5, 0.6) is 11.5 Å². The van der Waals surface area contributed by atoms with Crippen LogP contribution in [0.3, 0.4) is 0 Å². The van der Waals surface area contributed by atoms with Crippen molar-refractivity contribution in [2.24, 2.45) is 11.8 Å². The smallest absolute Gasteiger partial charge is 0.328 e. The first kappa shape index (κ1) is 38.9. The number of ether oxygens (including phenoxy) is 2. The SMILES string of the molecule is CO[C@H]1\C=C/C=C\C=C/C[C@@H](OC(=O)[C@H](C)NC(=O)C2CCCCC2)[C@H](C)[C@H](O)/C(C)=C\CCc2cc(O)c(SC)c(c2O)NC(=O)C1. The molecule has 0 spiro atoms. The molecule has 3 rings (SSSR count). The summed E-state index contributed by atoms with van der Waals surface area (Å²) in [4.78, 5) is 39.2. The van der Waals surface area contributed by atoms with Gasteiger partial charge in [0.15, 0.2) is 0 Å². The third-order valence-corrected chi connectivity index (χ3v) is 9.84. The third-order valence-electron chi connectivity index (χ3n) is 9.02. The van der Waals surface area contributed by atoms with Gasteiger partial charge < -0.3 is 35.4 Å². The van der Waals surface area contributed by atoms with Crippen LogP contribution < -0.4 is 10.6 Å². The number of hydrogen-bond acceptors (Lipinski definition) is 9. The summed E-state index contributed by atoms with van der Waals surface area (Å²) in [6.07, 6.45) is 18.0. The van der Waals surface area contributed by atoms with Gasteiger partial charge in [0.2, 0.25) is 11.8 Å². The van der Waals surface area contributed by atoms with Gasteiger partial charge >= 0.3 is 5.97 Å². The molecule has 0 unspecified atom stereocenters. The van der Waals surface area contributed by atoms with Crippen molar-refractivity contribution < 1.29 is 39.2 Å². The molecule has 5 atom stereocenters. The maximum absolute atomic E-state index is 13.2. The van der Waals surface area contributed by atoms with E-state index in [2.05, 4.69) is 10.6 Å². The van der Waals surface area contributed by atoms with E-state index in [0.717, 1.165) is 32.1 Å². The van der Waals surface area contributed by atoms with E-state index in [9.17, 15) is 29.7 Å². The maximum Gasteiger partial charge on any atom is 0.328 e. The van der Waals surface area contributed by atoms with Crippen LogP contribution in [-0.2, 0) is 30.3 Å². The fourth-order valence-electron chi connectivity index (χ4n) is 5.99. The number of nitrogens with one attached hydrogen (secondary N) is 2. The number of anilines is 1. The average Bonchev–Trinajstić information content (AvgIpc) is 3.07. The second-order valence-corrected chi connectivity index (χ2v) is 13.4. The number of thioether (sulfide) groups is 1. The van der Waals surface area contributed by atoms with E-state index in [4.69, 9.17) is 9.47 Å². The molecule has 5 N–H and O–H groups in total.